The number of hydrogen-bond donors (Lipinski definition) is 2. The lowest BCUT2D eigenvalue weighted by Gasteiger charge is -2.35. The molecular formula is C25H44IN5O2. The largest absolute Gasteiger partial charge is 0.493 e. The Morgan fingerprint density at radius 3 is 2.45 bits per heavy atom. The van der Waals surface area contributed by atoms with Crippen LogP contribution in [0.15, 0.2) is 23.2 Å². The summed E-state index contributed by atoms with van der Waals surface area (Å²) in [6, 6.07) is 6.10. The Morgan fingerprint density at radius 1 is 1.12 bits per heavy atom. The molecule has 0 amide bonds. The average molecular weight is 574 g/mol. The monoisotopic (exact) mass is 573 g/mol. The third-order valence-corrected chi connectivity index (χ3v) is 6.64. The summed E-state index contributed by atoms with van der Waals surface area (Å²) in [6.07, 6.45) is 5.04. The summed E-state index contributed by atoms with van der Waals surface area (Å²) in [6.45, 7) is 13.1. The van der Waals surface area contributed by atoms with Crippen LogP contribution >= 0.6 is 24.0 Å². The van der Waals surface area contributed by atoms with Gasteiger partial charge >= 0.3 is 0 Å². The third-order valence-electron chi connectivity index (χ3n) is 6.64. The highest BCUT2D eigenvalue weighted by atomic mass is 127. The van der Waals surface area contributed by atoms with Crippen molar-refractivity contribution in [1.29, 1.82) is 0 Å². The molecule has 1 aromatic rings. The lowest BCUT2D eigenvalue weighted by molar-refractivity contribution is 0.124. The lowest BCUT2D eigenvalue weighted by Crippen LogP contribution is -2.48. The van der Waals surface area contributed by atoms with Gasteiger partial charge in [-0.1, -0.05) is 26.0 Å². The van der Waals surface area contributed by atoms with E-state index in [1.807, 2.05) is 19.2 Å². The maximum Gasteiger partial charge on any atom is 0.191 e. The average Bonchev–Trinajstić information content (AvgIpc) is 3.33. The molecule has 0 spiro atoms. The van der Waals surface area contributed by atoms with E-state index in [1.165, 1.54) is 39.0 Å². The zero-order valence-corrected chi connectivity index (χ0v) is 23.3. The van der Waals surface area contributed by atoms with Gasteiger partial charge in [-0.3, -0.25) is 4.99 Å². The number of benzene rings is 1. The number of piperazine rings is 1. The Labute approximate surface area is 217 Å². The van der Waals surface area contributed by atoms with Crippen LogP contribution < -0.4 is 20.1 Å². The van der Waals surface area contributed by atoms with Crippen molar-refractivity contribution >= 4 is 29.9 Å². The van der Waals surface area contributed by atoms with Crippen LogP contribution in [0, 0.1) is 5.92 Å². The molecule has 0 bridgehead atoms. The second-order valence-corrected chi connectivity index (χ2v) is 9.12. The third kappa shape index (κ3) is 8.79. The van der Waals surface area contributed by atoms with Crippen molar-refractivity contribution in [2.24, 2.45) is 10.9 Å². The van der Waals surface area contributed by atoms with Crippen LogP contribution in [0.3, 0.4) is 0 Å². The van der Waals surface area contributed by atoms with Crippen molar-refractivity contribution in [3.8, 4) is 11.5 Å². The number of likely N-dealkylation sites (N-methyl/N-ethyl adjacent to an activating group) is 1. The number of para-hydroxylation sites is 1. The fourth-order valence-corrected chi connectivity index (χ4v) is 4.63. The zero-order chi connectivity index (χ0) is 22.8. The first-order valence-corrected chi connectivity index (χ1v) is 12.3. The molecule has 7 nitrogen and oxygen atoms in total. The molecule has 33 heavy (non-hydrogen) atoms. The van der Waals surface area contributed by atoms with E-state index >= 15 is 0 Å². The van der Waals surface area contributed by atoms with Crippen molar-refractivity contribution in [2.45, 2.75) is 52.2 Å². The van der Waals surface area contributed by atoms with E-state index in [0.29, 0.717) is 18.6 Å². The Morgan fingerprint density at radius 2 is 1.82 bits per heavy atom. The number of halogens is 1. The van der Waals surface area contributed by atoms with Crippen LogP contribution in [0.25, 0.3) is 0 Å². The SMILES string of the molecule is CCN1CCN(CC(C)CNC(=NC)NCc2cccc(OC)c2OC2CCCC2)CC1.I. The maximum atomic E-state index is 6.36. The van der Waals surface area contributed by atoms with Crippen LogP contribution in [0.1, 0.15) is 45.1 Å². The molecule has 1 aliphatic carbocycles. The molecule has 3 rings (SSSR count). The Hall–Kier alpha value is -1.26. The summed E-state index contributed by atoms with van der Waals surface area (Å²) in [7, 11) is 3.53. The first-order chi connectivity index (χ1) is 15.6. The summed E-state index contributed by atoms with van der Waals surface area (Å²) in [4.78, 5) is 9.52. The molecule has 0 radical (unpaired) electrons. The van der Waals surface area contributed by atoms with Gasteiger partial charge in [0.1, 0.15) is 0 Å². The lowest BCUT2D eigenvalue weighted by atomic mass is 10.1. The molecule has 2 fully saturated rings. The summed E-state index contributed by atoms with van der Waals surface area (Å²) < 4.78 is 11.9. The highest BCUT2D eigenvalue weighted by molar-refractivity contribution is 14.0. The zero-order valence-electron chi connectivity index (χ0n) is 20.9. The number of rotatable bonds is 10. The van der Waals surface area contributed by atoms with E-state index in [9.17, 15) is 0 Å². The molecule has 1 saturated heterocycles. The molecule has 0 aromatic heterocycles. The van der Waals surface area contributed by atoms with E-state index in [2.05, 4.69) is 45.3 Å². The van der Waals surface area contributed by atoms with Gasteiger partial charge in [0.15, 0.2) is 17.5 Å². The van der Waals surface area contributed by atoms with Crippen LogP contribution in [0.5, 0.6) is 11.5 Å². The summed E-state index contributed by atoms with van der Waals surface area (Å²) in [5.41, 5.74) is 1.10. The topological polar surface area (TPSA) is 61.4 Å². The molecule has 1 atom stereocenters. The minimum atomic E-state index is 0. The predicted molar refractivity (Wildman–Crippen MR) is 147 cm³/mol. The minimum Gasteiger partial charge on any atom is -0.493 e. The quantitative estimate of drug-likeness (QED) is 0.254. The smallest absolute Gasteiger partial charge is 0.191 e. The van der Waals surface area contributed by atoms with Gasteiger partial charge < -0.3 is 29.9 Å². The van der Waals surface area contributed by atoms with Gasteiger partial charge in [-0.15, -0.1) is 24.0 Å². The van der Waals surface area contributed by atoms with Gasteiger partial charge in [0.2, 0.25) is 0 Å². The van der Waals surface area contributed by atoms with Crippen molar-refractivity contribution < 1.29 is 9.47 Å². The normalized spacial score (nSPS) is 19.1. The van der Waals surface area contributed by atoms with Gasteiger partial charge in [-0.25, -0.2) is 0 Å². The fraction of sp³-hybridized carbons (Fsp3) is 0.720. The highest BCUT2D eigenvalue weighted by Crippen LogP contribution is 2.34. The summed E-state index contributed by atoms with van der Waals surface area (Å²) in [5, 5.41) is 6.96. The number of hydrogen-bond acceptors (Lipinski definition) is 5. The van der Waals surface area contributed by atoms with Crippen molar-refractivity contribution in [3.05, 3.63) is 23.8 Å². The van der Waals surface area contributed by atoms with Crippen molar-refractivity contribution in [3.63, 3.8) is 0 Å². The standard InChI is InChI=1S/C25H43N5O2.HI/c1-5-29-13-15-30(16-14-29)19-20(2)17-27-25(26-3)28-18-21-9-8-12-23(31-4)24(21)32-22-10-6-7-11-22;/h8-9,12,20,22H,5-7,10-11,13-19H2,1-4H3,(H2,26,27,28);1H. The molecule has 1 saturated carbocycles. The summed E-state index contributed by atoms with van der Waals surface area (Å²) in [5.74, 6) is 3.04. The van der Waals surface area contributed by atoms with E-state index in [0.717, 1.165) is 55.5 Å². The molecule has 1 aliphatic heterocycles. The number of aliphatic imine (C=N–C) groups is 1. The fourth-order valence-electron chi connectivity index (χ4n) is 4.63. The molecule has 1 unspecified atom stereocenters. The molecule has 2 aliphatic rings. The Kier molecular flexibility index (Phi) is 12.6. The van der Waals surface area contributed by atoms with Gasteiger partial charge in [0.05, 0.1) is 13.2 Å². The van der Waals surface area contributed by atoms with Crippen LogP contribution in [-0.2, 0) is 6.54 Å². The maximum absolute atomic E-state index is 6.36. The number of nitrogens with zero attached hydrogens (tertiary/aromatic N) is 3. The molecule has 8 heteroatoms. The molecular weight excluding hydrogens is 529 g/mol. The number of nitrogens with one attached hydrogen (secondary N) is 2. The molecule has 1 heterocycles. The van der Waals surface area contributed by atoms with Crippen molar-refractivity contribution in [2.75, 3.05) is 60.0 Å². The predicted octanol–water partition coefficient (Wildman–Crippen LogP) is 3.57. The Bertz CT molecular complexity index is 719. The molecule has 188 valence electrons. The first kappa shape index (κ1) is 28.0. The Balaban J connectivity index is 0.00000385. The highest BCUT2D eigenvalue weighted by Gasteiger charge is 2.21. The van der Waals surface area contributed by atoms with Gasteiger partial charge in [0, 0.05) is 58.4 Å². The number of ether oxygens (including phenoxy) is 2. The van der Waals surface area contributed by atoms with Gasteiger partial charge in [-0.05, 0) is 44.2 Å². The summed E-state index contributed by atoms with van der Waals surface area (Å²) >= 11 is 0. The molecule has 1 aromatic carbocycles. The molecule has 2 N–H and O–H groups in total. The van der Waals surface area contributed by atoms with Crippen molar-refractivity contribution in [1.82, 2.24) is 20.4 Å². The second-order valence-electron chi connectivity index (χ2n) is 9.12. The number of guanidine groups is 1. The van der Waals surface area contributed by atoms with Crippen LogP contribution in [-0.4, -0.2) is 81.8 Å². The van der Waals surface area contributed by atoms with E-state index in [-0.39, 0.29) is 24.0 Å². The van der Waals surface area contributed by atoms with Crippen LogP contribution in [0.2, 0.25) is 0 Å². The first-order valence-electron chi connectivity index (χ1n) is 12.3. The van der Waals surface area contributed by atoms with Gasteiger partial charge in [-0.2, -0.15) is 0 Å². The van der Waals surface area contributed by atoms with E-state index < -0.39 is 0 Å². The van der Waals surface area contributed by atoms with E-state index in [4.69, 9.17) is 9.47 Å². The number of methoxy groups -OCH3 is 1. The van der Waals surface area contributed by atoms with Crippen LogP contribution in [0.4, 0.5) is 0 Å². The second kappa shape index (κ2) is 14.9. The minimum absolute atomic E-state index is 0. The van der Waals surface area contributed by atoms with Gasteiger partial charge in [0.25, 0.3) is 0 Å². The van der Waals surface area contributed by atoms with E-state index in [1.54, 1.807) is 7.11 Å².